The van der Waals surface area contributed by atoms with Gasteiger partial charge in [-0.2, -0.15) is 0 Å². The number of hydrogen-bond donors (Lipinski definition) is 1. The molecule has 0 aliphatic carbocycles. The summed E-state index contributed by atoms with van der Waals surface area (Å²) in [4.78, 5) is 11.7. The Kier molecular flexibility index (Phi) is 4.53. The molecule has 4 heteroatoms. The number of nitrogen functional groups attached to an aromatic ring is 1. The van der Waals surface area contributed by atoms with Gasteiger partial charge in [-0.05, 0) is 23.8 Å². The maximum Gasteiger partial charge on any atom is 0.340 e. The highest BCUT2D eigenvalue weighted by Crippen LogP contribution is 2.08. The summed E-state index contributed by atoms with van der Waals surface area (Å²) in [5.74, 6) is -0.444. The smallest absolute Gasteiger partial charge is 0.340 e. The van der Waals surface area contributed by atoms with E-state index in [-0.39, 0.29) is 6.79 Å². The van der Waals surface area contributed by atoms with Crippen LogP contribution >= 0.6 is 0 Å². The lowest BCUT2D eigenvalue weighted by Crippen LogP contribution is -2.09. The van der Waals surface area contributed by atoms with Crippen LogP contribution in [0.5, 0.6) is 0 Å². The summed E-state index contributed by atoms with van der Waals surface area (Å²) in [5, 5.41) is 0. The van der Waals surface area contributed by atoms with Crippen molar-refractivity contribution in [3.05, 3.63) is 65.7 Å². The highest BCUT2D eigenvalue weighted by Gasteiger charge is 2.06. The molecule has 0 heterocycles. The Morgan fingerprint density at radius 1 is 1.05 bits per heavy atom. The molecule has 4 nitrogen and oxygen atoms in total. The molecule has 0 aromatic heterocycles. The molecule has 19 heavy (non-hydrogen) atoms. The van der Waals surface area contributed by atoms with Crippen molar-refractivity contribution in [2.45, 2.75) is 6.61 Å². The molecule has 2 N–H and O–H groups in total. The summed E-state index contributed by atoms with van der Waals surface area (Å²) in [5.41, 5.74) is 7.57. The fourth-order valence-corrected chi connectivity index (χ4v) is 1.58. The summed E-state index contributed by atoms with van der Waals surface area (Å²) < 4.78 is 10.3. The van der Waals surface area contributed by atoms with Crippen molar-refractivity contribution in [1.29, 1.82) is 0 Å². The number of rotatable bonds is 5. The van der Waals surface area contributed by atoms with Crippen LogP contribution < -0.4 is 5.73 Å². The van der Waals surface area contributed by atoms with Gasteiger partial charge in [0.15, 0.2) is 6.79 Å². The molecule has 0 saturated heterocycles. The van der Waals surface area contributed by atoms with Crippen molar-refractivity contribution in [2.24, 2.45) is 0 Å². The first-order valence-electron chi connectivity index (χ1n) is 5.90. The second kappa shape index (κ2) is 6.56. The van der Waals surface area contributed by atoms with E-state index in [0.29, 0.717) is 17.9 Å². The molecule has 2 rings (SSSR count). The normalized spacial score (nSPS) is 10.1. The van der Waals surface area contributed by atoms with Crippen molar-refractivity contribution in [1.82, 2.24) is 0 Å². The molecule has 0 bridgehead atoms. The van der Waals surface area contributed by atoms with E-state index in [1.807, 2.05) is 30.3 Å². The van der Waals surface area contributed by atoms with Gasteiger partial charge in [0.05, 0.1) is 12.2 Å². The Balaban J connectivity index is 1.75. The first kappa shape index (κ1) is 13.1. The van der Waals surface area contributed by atoms with Gasteiger partial charge in [-0.3, -0.25) is 0 Å². The van der Waals surface area contributed by atoms with Gasteiger partial charge >= 0.3 is 5.97 Å². The van der Waals surface area contributed by atoms with Gasteiger partial charge in [-0.15, -0.1) is 0 Å². The van der Waals surface area contributed by atoms with Gasteiger partial charge in [0.2, 0.25) is 0 Å². The summed E-state index contributed by atoms with van der Waals surface area (Å²) >= 11 is 0. The molecule has 2 aromatic carbocycles. The van der Waals surface area contributed by atoms with E-state index in [0.717, 1.165) is 5.56 Å². The number of anilines is 1. The molecule has 0 spiro atoms. The highest BCUT2D eigenvalue weighted by atomic mass is 16.7. The predicted octanol–water partition coefficient (Wildman–Crippen LogP) is 2.60. The Labute approximate surface area is 111 Å². The molecule has 0 unspecified atom stereocenters. The number of carbonyl (C=O) groups excluding carboxylic acids is 1. The molecule has 0 radical (unpaired) electrons. The van der Waals surface area contributed by atoms with Crippen LogP contribution in [0.3, 0.4) is 0 Å². The van der Waals surface area contributed by atoms with Crippen molar-refractivity contribution in [3.63, 3.8) is 0 Å². The third kappa shape index (κ3) is 4.12. The number of esters is 1. The van der Waals surface area contributed by atoms with E-state index < -0.39 is 5.97 Å². The van der Waals surface area contributed by atoms with Crippen molar-refractivity contribution in [2.75, 3.05) is 12.5 Å². The van der Waals surface area contributed by atoms with E-state index >= 15 is 0 Å². The van der Waals surface area contributed by atoms with Gasteiger partial charge in [0.25, 0.3) is 0 Å². The van der Waals surface area contributed by atoms with Gasteiger partial charge in [0.1, 0.15) is 0 Å². The molecule has 2 aromatic rings. The van der Waals surface area contributed by atoms with Crippen LogP contribution in [0.15, 0.2) is 54.6 Å². The first-order valence-corrected chi connectivity index (χ1v) is 5.90. The minimum Gasteiger partial charge on any atom is -0.435 e. The summed E-state index contributed by atoms with van der Waals surface area (Å²) in [7, 11) is 0. The first-order chi connectivity index (χ1) is 9.25. The Morgan fingerprint density at radius 2 is 1.84 bits per heavy atom. The lowest BCUT2D eigenvalue weighted by Gasteiger charge is -2.06. The molecular weight excluding hydrogens is 242 g/mol. The number of carbonyl (C=O) groups is 1. The SMILES string of the molecule is Nc1cccc(C(=O)OCOCc2ccccc2)c1. The third-order valence-corrected chi connectivity index (χ3v) is 2.51. The Bertz CT molecular complexity index is 540. The van der Waals surface area contributed by atoms with Gasteiger partial charge in [-0.1, -0.05) is 36.4 Å². The van der Waals surface area contributed by atoms with E-state index in [1.54, 1.807) is 24.3 Å². The second-order valence-electron chi connectivity index (χ2n) is 4.01. The van der Waals surface area contributed by atoms with Crippen LogP contribution in [-0.4, -0.2) is 12.8 Å². The molecule has 98 valence electrons. The number of hydrogen-bond acceptors (Lipinski definition) is 4. The number of ether oxygens (including phenoxy) is 2. The summed E-state index contributed by atoms with van der Waals surface area (Å²) in [6, 6.07) is 16.3. The second-order valence-corrected chi connectivity index (χ2v) is 4.01. The fourth-order valence-electron chi connectivity index (χ4n) is 1.58. The summed E-state index contributed by atoms with van der Waals surface area (Å²) in [6.07, 6.45) is 0. The molecular formula is C15H15NO3. The van der Waals surface area contributed by atoms with E-state index in [9.17, 15) is 4.79 Å². The average molecular weight is 257 g/mol. The molecule has 0 atom stereocenters. The van der Waals surface area contributed by atoms with E-state index in [2.05, 4.69) is 0 Å². The van der Waals surface area contributed by atoms with Gasteiger partial charge in [-0.25, -0.2) is 4.79 Å². The van der Waals surface area contributed by atoms with Crippen LogP contribution in [0, 0.1) is 0 Å². The van der Waals surface area contributed by atoms with Gasteiger partial charge in [0, 0.05) is 5.69 Å². The quantitative estimate of drug-likeness (QED) is 0.387. The van der Waals surface area contributed by atoms with E-state index in [4.69, 9.17) is 15.2 Å². The zero-order chi connectivity index (χ0) is 13.5. The largest absolute Gasteiger partial charge is 0.435 e. The Morgan fingerprint density at radius 3 is 2.58 bits per heavy atom. The van der Waals surface area contributed by atoms with Crippen LogP contribution in [0.4, 0.5) is 5.69 Å². The maximum absolute atomic E-state index is 11.7. The molecule has 0 saturated carbocycles. The van der Waals surface area contributed by atoms with Crippen molar-refractivity contribution in [3.8, 4) is 0 Å². The predicted molar refractivity (Wildman–Crippen MR) is 72.4 cm³/mol. The maximum atomic E-state index is 11.7. The zero-order valence-electron chi connectivity index (χ0n) is 10.4. The van der Waals surface area contributed by atoms with Crippen LogP contribution in [0.1, 0.15) is 15.9 Å². The summed E-state index contributed by atoms with van der Waals surface area (Å²) in [6.45, 7) is 0.327. The van der Waals surface area contributed by atoms with Crippen LogP contribution in [-0.2, 0) is 16.1 Å². The fraction of sp³-hybridized carbons (Fsp3) is 0.133. The molecule has 0 aliphatic heterocycles. The van der Waals surface area contributed by atoms with Gasteiger partial charge < -0.3 is 15.2 Å². The zero-order valence-corrected chi connectivity index (χ0v) is 10.4. The molecule has 0 fully saturated rings. The minimum absolute atomic E-state index is 0.0808. The molecule has 0 amide bonds. The Hall–Kier alpha value is -2.33. The number of benzene rings is 2. The standard InChI is InChI=1S/C15H15NO3/c16-14-8-4-7-13(9-14)15(17)19-11-18-10-12-5-2-1-3-6-12/h1-9H,10-11,16H2. The average Bonchev–Trinajstić information content (AvgIpc) is 2.44. The lowest BCUT2D eigenvalue weighted by molar-refractivity contribution is -0.0381. The monoisotopic (exact) mass is 257 g/mol. The minimum atomic E-state index is -0.444. The van der Waals surface area contributed by atoms with E-state index in [1.165, 1.54) is 0 Å². The van der Waals surface area contributed by atoms with Crippen molar-refractivity contribution < 1.29 is 14.3 Å². The third-order valence-electron chi connectivity index (χ3n) is 2.51. The van der Waals surface area contributed by atoms with Crippen LogP contribution in [0.25, 0.3) is 0 Å². The lowest BCUT2D eigenvalue weighted by atomic mass is 10.2. The van der Waals surface area contributed by atoms with Crippen molar-refractivity contribution >= 4 is 11.7 Å². The topological polar surface area (TPSA) is 61.6 Å². The van der Waals surface area contributed by atoms with Crippen LogP contribution in [0.2, 0.25) is 0 Å². The molecule has 0 aliphatic rings. The number of nitrogens with two attached hydrogens (primary N) is 1. The highest BCUT2D eigenvalue weighted by molar-refractivity contribution is 5.90.